The summed E-state index contributed by atoms with van der Waals surface area (Å²) in [6.07, 6.45) is 0.740. The van der Waals surface area contributed by atoms with Gasteiger partial charge in [-0.1, -0.05) is 12.1 Å². The van der Waals surface area contributed by atoms with E-state index in [4.69, 9.17) is 14.4 Å². The molecule has 2 N–H and O–H groups in total. The zero-order chi connectivity index (χ0) is 14.0. The van der Waals surface area contributed by atoms with Crippen LogP contribution in [0.15, 0.2) is 22.7 Å². The van der Waals surface area contributed by atoms with Crippen molar-refractivity contribution in [2.75, 3.05) is 7.11 Å². The largest absolute Gasteiger partial charge is 0.504 e. The minimum atomic E-state index is -1.19. The second-order valence-electron chi connectivity index (χ2n) is 3.93. The molecule has 6 heteroatoms. The van der Waals surface area contributed by atoms with Crippen LogP contribution in [0.2, 0.25) is 0 Å². The van der Waals surface area contributed by atoms with Gasteiger partial charge in [0.15, 0.2) is 23.0 Å². The van der Waals surface area contributed by atoms with Crippen LogP contribution in [0.3, 0.4) is 0 Å². The van der Waals surface area contributed by atoms with Gasteiger partial charge in [-0.05, 0) is 24.1 Å². The molecule has 0 radical (unpaired) electrons. The first kappa shape index (κ1) is 12.9. The fourth-order valence-corrected chi connectivity index (χ4v) is 1.72. The average Bonchev–Trinajstić information content (AvgIpc) is 2.88. The predicted molar refractivity (Wildman–Crippen MR) is 66.5 cm³/mol. The number of phenolic OH excluding ortho intramolecular Hbond substituents is 1. The van der Waals surface area contributed by atoms with Gasteiger partial charge in [-0.15, -0.1) is 0 Å². The molecule has 0 fully saturated rings. The number of carbonyl (C=O) groups is 1. The number of benzene rings is 1. The van der Waals surface area contributed by atoms with E-state index in [0.29, 0.717) is 11.3 Å². The predicted octanol–water partition coefficient (Wildman–Crippen LogP) is 2.32. The van der Waals surface area contributed by atoms with Gasteiger partial charge in [0, 0.05) is 6.07 Å². The summed E-state index contributed by atoms with van der Waals surface area (Å²) < 4.78 is 10.0. The minimum Gasteiger partial charge on any atom is -0.504 e. The quantitative estimate of drug-likeness (QED) is 0.879. The van der Waals surface area contributed by atoms with Gasteiger partial charge in [-0.3, -0.25) is 0 Å². The van der Waals surface area contributed by atoms with Gasteiger partial charge in [0.1, 0.15) is 0 Å². The molecule has 2 aromatic rings. The highest BCUT2D eigenvalue weighted by atomic mass is 16.5. The number of nitrogens with zero attached hydrogens (tertiary/aromatic N) is 1. The van der Waals surface area contributed by atoms with E-state index in [1.807, 2.05) is 6.92 Å². The molecule has 0 unspecified atom stereocenters. The number of methoxy groups -OCH3 is 1. The van der Waals surface area contributed by atoms with Crippen molar-refractivity contribution in [3.05, 3.63) is 29.5 Å². The molecule has 0 atom stereocenters. The summed E-state index contributed by atoms with van der Waals surface area (Å²) in [7, 11) is 1.45. The van der Waals surface area contributed by atoms with Crippen LogP contribution in [0.25, 0.3) is 11.3 Å². The third kappa shape index (κ3) is 2.37. The number of hydrogen-bond donors (Lipinski definition) is 2. The number of aromatic hydroxyl groups is 1. The lowest BCUT2D eigenvalue weighted by Crippen LogP contribution is -1.94. The molecule has 0 amide bonds. The number of aromatic nitrogens is 1. The van der Waals surface area contributed by atoms with Crippen LogP contribution in [0.5, 0.6) is 11.5 Å². The Morgan fingerprint density at radius 2 is 2.16 bits per heavy atom. The number of carboxylic acid groups (broad SMARTS) is 1. The Hall–Kier alpha value is -2.50. The Balaban J connectivity index is 2.56. The van der Waals surface area contributed by atoms with Gasteiger partial charge in [0.05, 0.1) is 12.7 Å². The molecule has 0 bridgehead atoms. The first-order chi connectivity index (χ1) is 9.06. The van der Waals surface area contributed by atoms with E-state index in [0.717, 1.165) is 12.0 Å². The molecule has 0 spiro atoms. The fourth-order valence-electron chi connectivity index (χ4n) is 1.72. The molecule has 0 saturated heterocycles. The maximum absolute atomic E-state index is 10.8. The lowest BCUT2D eigenvalue weighted by molar-refractivity contribution is 0.0686. The molecular weight excluding hydrogens is 250 g/mol. The van der Waals surface area contributed by atoms with Gasteiger partial charge >= 0.3 is 5.97 Å². The van der Waals surface area contributed by atoms with Gasteiger partial charge in [0.25, 0.3) is 0 Å². The van der Waals surface area contributed by atoms with E-state index in [2.05, 4.69) is 5.16 Å². The number of rotatable bonds is 4. The maximum Gasteiger partial charge on any atom is 0.358 e. The van der Waals surface area contributed by atoms with Crippen molar-refractivity contribution in [1.82, 2.24) is 5.16 Å². The van der Waals surface area contributed by atoms with Crippen LogP contribution in [0.4, 0.5) is 0 Å². The van der Waals surface area contributed by atoms with Crippen LogP contribution in [-0.2, 0) is 6.42 Å². The first-order valence-electron chi connectivity index (χ1n) is 5.67. The molecule has 0 aliphatic carbocycles. The molecule has 0 saturated carbocycles. The number of ether oxygens (including phenoxy) is 1. The highest BCUT2D eigenvalue weighted by molar-refractivity contribution is 5.87. The summed E-state index contributed by atoms with van der Waals surface area (Å²) >= 11 is 0. The number of carboxylic acids is 1. The van der Waals surface area contributed by atoms with Crippen LogP contribution in [-0.4, -0.2) is 28.4 Å². The van der Waals surface area contributed by atoms with Crippen molar-refractivity contribution >= 4 is 5.97 Å². The zero-order valence-electron chi connectivity index (χ0n) is 10.5. The van der Waals surface area contributed by atoms with Crippen molar-refractivity contribution in [1.29, 1.82) is 0 Å². The summed E-state index contributed by atoms with van der Waals surface area (Å²) in [5, 5.41) is 22.3. The number of aryl methyl sites for hydroxylation is 1. The fraction of sp³-hybridized carbons (Fsp3) is 0.231. The Morgan fingerprint density at radius 1 is 1.42 bits per heavy atom. The normalized spacial score (nSPS) is 10.4. The van der Waals surface area contributed by atoms with Crippen LogP contribution in [0.1, 0.15) is 23.0 Å². The standard InChI is InChI=1S/C13H13NO5/c1-3-7-4-8(12(15)11(5-7)18-2)10-6-9(13(16)17)14-19-10/h4-6,15H,3H2,1-2H3,(H,16,17). The molecule has 0 aliphatic heterocycles. The zero-order valence-corrected chi connectivity index (χ0v) is 10.5. The molecule has 0 aliphatic rings. The van der Waals surface area contributed by atoms with E-state index in [1.165, 1.54) is 13.2 Å². The lowest BCUT2D eigenvalue weighted by atomic mass is 10.0. The Morgan fingerprint density at radius 3 is 2.68 bits per heavy atom. The van der Waals surface area contributed by atoms with Crippen LogP contribution >= 0.6 is 0 Å². The van der Waals surface area contributed by atoms with Crippen molar-refractivity contribution < 1.29 is 24.3 Å². The van der Waals surface area contributed by atoms with Gasteiger partial charge in [0.2, 0.25) is 0 Å². The van der Waals surface area contributed by atoms with Crippen LogP contribution in [0, 0.1) is 0 Å². The second-order valence-corrected chi connectivity index (χ2v) is 3.93. The van der Waals surface area contributed by atoms with E-state index in [-0.39, 0.29) is 17.2 Å². The number of phenols is 1. The van der Waals surface area contributed by atoms with E-state index < -0.39 is 5.97 Å². The van der Waals surface area contributed by atoms with Crippen molar-refractivity contribution in [3.8, 4) is 22.8 Å². The topological polar surface area (TPSA) is 92.8 Å². The molecule has 100 valence electrons. The van der Waals surface area contributed by atoms with Gasteiger partial charge < -0.3 is 19.5 Å². The summed E-state index contributed by atoms with van der Waals surface area (Å²) in [5.74, 6) is -0.799. The van der Waals surface area contributed by atoms with Crippen molar-refractivity contribution in [3.63, 3.8) is 0 Å². The third-order valence-electron chi connectivity index (χ3n) is 2.76. The summed E-state index contributed by atoms with van der Waals surface area (Å²) in [6.45, 7) is 1.96. The van der Waals surface area contributed by atoms with E-state index in [9.17, 15) is 9.90 Å². The maximum atomic E-state index is 10.8. The van der Waals surface area contributed by atoms with E-state index in [1.54, 1.807) is 12.1 Å². The second kappa shape index (κ2) is 5.01. The van der Waals surface area contributed by atoms with E-state index >= 15 is 0 Å². The monoisotopic (exact) mass is 263 g/mol. The highest BCUT2D eigenvalue weighted by Gasteiger charge is 2.18. The minimum absolute atomic E-state index is 0.104. The highest BCUT2D eigenvalue weighted by Crippen LogP contribution is 2.38. The van der Waals surface area contributed by atoms with Crippen molar-refractivity contribution in [2.45, 2.75) is 13.3 Å². The van der Waals surface area contributed by atoms with Crippen LogP contribution < -0.4 is 4.74 Å². The molecule has 1 aromatic heterocycles. The first-order valence-corrected chi connectivity index (χ1v) is 5.67. The van der Waals surface area contributed by atoms with Gasteiger partial charge in [-0.2, -0.15) is 0 Å². The SMILES string of the molecule is CCc1cc(OC)c(O)c(-c2cc(C(=O)O)no2)c1. The molecule has 19 heavy (non-hydrogen) atoms. The average molecular weight is 263 g/mol. The molecule has 2 rings (SSSR count). The lowest BCUT2D eigenvalue weighted by Gasteiger charge is -2.09. The van der Waals surface area contributed by atoms with Gasteiger partial charge in [-0.25, -0.2) is 4.79 Å². The Labute approximate surface area is 109 Å². The summed E-state index contributed by atoms with van der Waals surface area (Å²) in [4.78, 5) is 10.8. The molecular formula is C13H13NO5. The number of aromatic carboxylic acids is 1. The van der Waals surface area contributed by atoms with Crippen molar-refractivity contribution in [2.24, 2.45) is 0 Å². The third-order valence-corrected chi connectivity index (χ3v) is 2.76. The summed E-state index contributed by atoms with van der Waals surface area (Å²) in [6, 6.07) is 4.69. The molecule has 1 heterocycles. The smallest absolute Gasteiger partial charge is 0.358 e. The number of hydrogen-bond acceptors (Lipinski definition) is 5. The summed E-state index contributed by atoms with van der Waals surface area (Å²) in [5.41, 5.74) is 1.07. The molecule has 1 aromatic carbocycles. The Kier molecular flexibility index (Phi) is 3.41. The molecule has 6 nitrogen and oxygen atoms in total. The Bertz CT molecular complexity index is 617.